The lowest BCUT2D eigenvalue weighted by atomic mass is 10.1. The molecule has 0 aromatic carbocycles. The van der Waals surface area contributed by atoms with Crippen molar-refractivity contribution in [1.29, 1.82) is 0 Å². The van der Waals surface area contributed by atoms with Crippen LogP contribution in [0.4, 0.5) is 0 Å². The molecule has 0 spiro atoms. The summed E-state index contributed by atoms with van der Waals surface area (Å²) in [5, 5.41) is 4.34. The first-order valence-electron chi connectivity index (χ1n) is 5.39. The van der Waals surface area contributed by atoms with Gasteiger partial charge in [-0.25, -0.2) is 0 Å². The van der Waals surface area contributed by atoms with E-state index in [2.05, 4.69) is 17.0 Å². The van der Waals surface area contributed by atoms with Gasteiger partial charge in [0, 0.05) is 19.5 Å². The number of carbonyl (C=O) groups is 1. The van der Waals surface area contributed by atoms with E-state index in [1.165, 1.54) is 19.4 Å². The van der Waals surface area contributed by atoms with Crippen molar-refractivity contribution in [3.63, 3.8) is 0 Å². The van der Waals surface area contributed by atoms with E-state index in [9.17, 15) is 4.79 Å². The molecule has 15 heavy (non-hydrogen) atoms. The fourth-order valence-corrected chi connectivity index (χ4v) is 2.23. The largest absolute Gasteiger partial charge is 0.303 e. The molecule has 82 valence electrons. The summed E-state index contributed by atoms with van der Waals surface area (Å²) in [5.74, 6) is 0. The molecule has 0 amide bonds. The minimum Gasteiger partial charge on any atom is -0.303 e. The molecule has 4 nitrogen and oxygen atoms in total. The second-order valence-corrected chi connectivity index (χ2v) is 4.28. The summed E-state index contributed by atoms with van der Waals surface area (Å²) in [6.07, 6.45) is 4.32. The molecule has 1 aromatic rings. The maximum Gasteiger partial charge on any atom is 0.168 e. The molecular formula is C11H17N3O. The third-order valence-corrected chi connectivity index (χ3v) is 3.20. The third-order valence-electron chi connectivity index (χ3n) is 3.20. The van der Waals surface area contributed by atoms with E-state index in [0.717, 1.165) is 18.4 Å². The summed E-state index contributed by atoms with van der Waals surface area (Å²) in [5.41, 5.74) is 1.68. The molecular weight excluding hydrogens is 190 g/mol. The van der Waals surface area contributed by atoms with Gasteiger partial charge in [0.25, 0.3) is 0 Å². The average Bonchev–Trinajstić information content (AvgIpc) is 2.75. The number of likely N-dealkylation sites (N-methyl/N-ethyl adjacent to an activating group) is 1. The van der Waals surface area contributed by atoms with Crippen LogP contribution in [-0.4, -0.2) is 40.6 Å². The zero-order valence-corrected chi connectivity index (χ0v) is 9.31. The number of aryl methyl sites for hydroxylation is 1. The average molecular weight is 207 g/mol. The normalized spacial score (nSPS) is 22.1. The van der Waals surface area contributed by atoms with Gasteiger partial charge in [-0.05, 0) is 32.5 Å². The van der Waals surface area contributed by atoms with Crippen molar-refractivity contribution >= 4 is 6.29 Å². The maximum absolute atomic E-state index is 10.7. The highest BCUT2D eigenvalue weighted by atomic mass is 16.1. The smallest absolute Gasteiger partial charge is 0.168 e. The summed E-state index contributed by atoms with van der Waals surface area (Å²) in [6, 6.07) is 2.48. The quantitative estimate of drug-likeness (QED) is 0.690. The van der Waals surface area contributed by atoms with Crippen LogP contribution in [0.15, 0.2) is 6.07 Å². The molecule has 1 aliphatic rings. The van der Waals surface area contributed by atoms with Crippen LogP contribution in [0.5, 0.6) is 0 Å². The molecule has 0 bridgehead atoms. The molecule has 1 fully saturated rings. The fourth-order valence-electron chi connectivity index (χ4n) is 2.23. The van der Waals surface area contributed by atoms with Crippen LogP contribution in [0.2, 0.25) is 0 Å². The molecule has 0 saturated carbocycles. The number of rotatable bonds is 3. The lowest BCUT2D eigenvalue weighted by molar-refractivity contribution is 0.111. The van der Waals surface area contributed by atoms with Gasteiger partial charge in [0.05, 0.1) is 5.69 Å². The van der Waals surface area contributed by atoms with E-state index in [1.807, 2.05) is 13.1 Å². The molecule has 0 aliphatic carbocycles. The first-order chi connectivity index (χ1) is 7.20. The molecule has 1 aliphatic heterocycles. The number of carbonyl (C=O) groups excluding carboxylic acids is 1. The van der Waals surface area contributed by atoms with Crippen LogP contribution < -0.4 is 0 Å². The highest BCUT2D eigenvalue weighted by Crippen LogP contribution is 2.18. The van der Waals surface area contributed by atoms with E-state index in [-0.39, 0.29) is 0 Å². The summed E-state index contributed by atoms with van der Waals surface area (Å²) >= 11 is 0. The monoisotopic (exact) mass is 207 g/mol. The van der Waals surface area contributed by atoms with Crippen molar-refractivity contribution in [2.24, 2.45) is 7.05 Å². The zero-order chi connectivity index (χ0) is 10.8. The highest BCUT2D eigenvalue weighted by Gasteiger charge is 2.22. The Morgan fingerprint density at radius 2 is 2.40 bits per heavy atom. The Hall–Kier alpha value is -1.16. The Balaban J connectivity index is 2.07. The van der Waals surface area contributed by atoms with Gasteiger partial charge in [-0.2, -0.15) is 5.10 Å². The summed E-state index contributed by atoms with van der Waals surface area (Å²) in [4.78, 5) is 13.0. The Morgan fingerprint density at radius 1 is 1.60 bits per heavy atom. The molecule has 0 N–H and O–H groups in total. The molecule has 4 heteroatoms. The Labute approximate surface area is 89.9 Å². The van der Waals surface area contributed by atoms with Gasteiger partial charge in [0.2, 0.25) is 0 Å². The van der Waals surface area contributed by atoms with E-state index < -0.39 is 0 Å². The number of aromatic nitrogens is 2. The number of hydrogen-bond donors (Lipinski definition) is 0. The first-order valence-corrected chi connectivity index (χ1v) is 5.39. The van der Waals surface area contributed by atoms with Gasteiger partial charge in [0.15, 0.2) is 6.29 Å². The lowest BCUT2D eigenvalue weighted by Gasteiger charge is -2.17. The van der Waals surface area contributed by atoms with Gasteiger partial charge in [-0.15, -0.1) is 0 Å². The molecule has 2 heterocycles. The minimum absolute atomic E-state index is 0.597. The molecule has 1 aromatic heterocycles. The van der Waals surface area contributed by atoms with Crippen molar-refractivity contribution in [3.8, 4) is 0 Å². The van der Waals surface area contributed by atoms with Crippen molar-refractivity contribution in [2.45, 2.75) is 25.3 Å². The molecule has 1 atom stereocenters. The molecule has 0 radical (unpaired) electrons. The third kappa shape index (κ3) is 2.09. The van der Waals surface area contributed by atoms with Gasteiger partial charge >= 0.3 is 0 Å². The van der Waals surface area contributed by atoms with E-state index in [0.29, 0.717) is 11.7 Å². The number of hydrogen-bond acceptors (Lipinski definition) is 3. The Morgan fingerprint density at radius 3 is 2.93 bits per heavy atom. The van der Waals surface area contributed by atoms with E-state index in [1.54, 1.807) is 4.68 Å². The SMILES string of the molecule is CN1CCCC1Cc1cc(C=O)n(C)n1. The van der Waals surface area contributed by atoms with Gasteiger partial charge in [0.1, 0.15) is 5.69 Å². The van der Waals surface area contributed by atoms with Crippen LogP contribution in [0.25, 0.3) is 0 Å². The molecule has 1 saturated heterocycles. The maximum atomic E-state index is 10.7. The van der Waals surface area contributed by atoms with Crippen molar-refractivity contribution in [1.82, 2.24) is 14.7 Å². The minimum atomic E-state index is 0.597. The fraction of sp³-hybridized carbons (Fsp3) is 0.636. The highest BCUT2D eigenvalue weighted by molar-refractivity contribution is 5.72. The van der Waals surface area contributed by atoms with Crippen LogP contribution in [0.3, 0.4) is 0 Å². The topological polar surface area (TPSA) is 38.1 Å². The van der Waals surface area contributed by atoms with E-state index in [4.69, 9.17) is 0 Å². The zero-order valence-electron chi connectivity index (χ0n) is 9.31. The Kier molecular flexibility index (Phi) is 2.86. The second-order valence-electron chi connectivity index (χ2n) is 4.28. The number of likely N-dealkylation sites (tertiary alicyclic amines) is 1. The van der Waals surface area contributed by atoms with E-state index >= 15 is 0 Å². The van der Waals surface area contributed by atoms with Crippen LogP contribution in [0, 0.1) is 0 Å². The van der Waals surface area contributed by atoms with Gasteiger partial charge < -0.3 is 4.90 Å². The summed E-state index contributed by atoms with van der Waals surface area (Å²) in [6.45, 7) is 1.18. The predicted octanol–water partition coefficient (Wildman–Crippen LogP) is 0.869. The van der Waals surface area contributed by atoms with Crippen molar-refractivity contribution in [2.75, 3.05) is 13.6 Å². The number of aldehydes is 1. The van der Waals surface area contributed by atoms with Crippen LogP contribution in [0.1, 0.15) is 29.0 Å². The summed E-state index contributed by atoms with van der Waals surface area (Å²) < 4.78 is 1.65. The predicted molar refractivity (Wildman–Crippen MR) is 58.0 cm³/mol. The first kappa shape index (κ1) is 10.4. The molecule has 2 rings (SSSR count). The van der Waals surface area contributed by atoms with Crippen LogP contribution >= 0.6 is 0 Å². The molecule has 1 unspecified atom stereocenters. The van der Waals surface area contributed by atoms with Crippen LogP contribution in [-0.2, 0) is 13.5 Å². The standard InChI is InChI=1S/C11H17N3O/c1-13-5-3-4-10(13)6-9-7-11(8-15)14(2)12-9/h7-8,10H,3-6H2,1-2H3. The second kappa shape index (κ2) is 4.14. The summed E-state index contributed by atoms with van der Waals surface area (Å²) in [7, 11) is 3.97. The number of nitrogens with zero attached hydrogens (tertiary/aromatic N) is 3. The lowest BCUT2D eigenvalue weighted by Crippen LogP contribution is -2.26. The van der Waals surface area contributed by atoms with Crippen molar-refractivity contribution < 1.29 is 4.79 Å². The van der Waals surface area contributed by atoms with Crippen molar-refractivity contribution in [3.05, 3.63) is 17.5 Å². The van der Waals surface area contributed by atoms with Gasteiger partial charge in [-0.3, -0.25) is 9.48 Å². The Bertz CT molecular complexity index is 359. The van der Waals surface area contributed by atoms with Gasteiger partial charge in [-0.1, -0.05) is 0 Å².